The van der Waals surface area contributed by atoms with E-state index < -0.39 is 9.85 Å². The van der Waals surface area contributed by atoms with E-state index in [2.05, 4.69) is 6.07 Å². The van der Waals surface area contributed by atoms with Gasteiger partial charge in [-0.25, -0.2) is 0 Å². The smallest absolute Gasteiger partial charge is 0.258 e. The zero-order valence-electron chi connectivity index (χ0n) is 15.9. The van der Waals surface area contributed by atoms with E-state index in [0.29, 0.717) is 32.5 Å². The summed E-state index contributed by atoms with van der Waals surface area (Å²) in [6, 6.07) is 13.0. The highest BCUT2D eigenvalue weighted by Gasteiger charge is 2.23. The van der Waals surface area contributed by atoms with Crippen molar-refractivity contribution >= 4 is 43.7 Å². The number of hydrogen-bond acceptors (Lipinski definition) is 6. The first-order valence-corrected chi connectivity index (χ1v) is 8.84. The van der Waals surface area contributed by atoms with E-state index >= 15 is 0 Å². The number of nitriles is 2. The Balaban J connectivity index is 2.42. The van der Waals surface area contributed by atoms with Crippen LogP contribution in [-0.2, 0) is 0 Å². The topological polar surface area (TPSA) is 134 Å². The number of fused-ring (bicyclic) bond motifs is 5. The van der Waals surface area contributed by atoms with Crippen LogP contribution < -0.4 is 0 Å². The summed E-state index contributed by atoms with van der Waals surface area (Å²) in [6.45, 7) is 3.49. The third kappa shape index (κ3) is 2.52. The van der Waals surface area contributed by atoms with Gasteiger partial charge in [-0.15, -0.1) is 0 Å². The van der Waals surface area contributed by atoms with Gasteiger partial charge in [0.25, 0.3) is 11.4 Å². The monoisotopic (exact) mass is 396 g/mol. The van der Waals surface area contributed by atoms with Crippen LogP contribution in [0.5, 0.6) is 0 Å². The minimum Gasteiger partial charge on any atom is -0.258 e. The van der Waals surface area contributed by atoms with E-state index in [1.165, 1.54) is 24.3 Å². The van der Waals surface area contributed by atoms with Gasteiger partial charge in [0.05, 0.1) is 32.4 Å². The summed E-state index contributed by atoms with van der Waals surface area (Å²) in [4.78, 5) is 21.9. The number of nitro groups is 2. The highest BCUT2D eigenvalue weighted by molar-refractivity contribution is 6.25. The zero-order chi connectivity index (χ0) is 21.7. The van der Waals surface area contributed by atoms with E-state index in [4.69, 9.17) is 0 Å². The molecule has 144 valence electrons. The lowest BCUT2D eigenvalue weighted by molar-refractivity contribution is -0.384. The molecule has 0 saturated heterocycles. The van der Waals surface area contributed by atoms with E-state index in [1.54, 1.807) is 26.0 Å². The maximum atomic E-state index is 11.7. The van der Waals surface area contributed by atoms with Gasteiger partial charge < -0.3 is 0 Å². The minimum absolute atomic E-state index is 0.135. The molecule has 0 aliphatic rings. The molecule has 8 heteroatoms. The van der Waals surface area contributed by atoms with Crippen molar-refractivity contribution in [2.45, 2.75) is 13.8 Å². The Morgan fingerprint density at radius 2 is 1.43 bits per heavy atom. The number of nitrogens with zero attached hydrogens (tertiary/aromatic N) is 4. The quantitative estimate of drug-likeness (QED) is 0.255. The Bertz CT molecular complexity index is 1540. The Kier molecular flexibility index (Phi) is 4.07. The summed E-state index contributed by atoms with van der Waals surface area (Å²) in [7, 11) is 0. The summed E-state index contributed by atoms with van der Waals surface area (Å²) in [6.07, 6.45) is 0. The third-order valence-corrected chi connectivity index (χ3v) is 5.31. The maximum absolute atomic E-state index is 11.7. The molecule has 4 aromatic carbocycles. The number of hydrogen-bond donors (Lipinski definition) is 0. The summed E-state index contributed by atoms with van der Waals surface area (Å²) in [5, 5.41) is 45.3. The third-order valence-electron chi connectivity index (χ3n) is 5.31. The van der Waals surface area contributed by atoms with Crippen molar-refractivity contribution in [3.8, 4) is 12.1 Å². The van der Waals surface area contributed by atoms with E-state index in [0.717, 1.165) is 5.56 Å². The minimum atomic E-state index is -0.530. The molecule has 4 aromatic rings. The molecule has 0 amide bonds. The molecule has 4 rings (SSSR count). The predicted octanol–water partition coefficient (Wildman–Crippen LogP) is 5.32. The predicted molar refractivity (Wildman–Crippen MR) is 111 cm³/mol. The normalized spacial score (nSPS) is 10.8. The molecular formula is C22H12N4O4. The van der Waals surface area contributed by atoms with Gasteiger partial charge in [0.15, 0.2) is 0 Å². The lowest BCUT2D eigenvalue weighted by Gasteiger charge is -2.14. The zero-order valence-corrected chi connectivity index (χ0v) is 15.9. The second kappa shape index (κ2) is 6.50. The number of aryl methyl sites for hydroxylation is 2. The van der Waals surface area contributed by atoms with Crippen LogP contribution in [0, 0.1) is 56.7 Å². The lowest BCUT2D eigenvalue weighted by atomic mass is 9.87. The molecule has 0 spiro atoms. The summed E-state index contributed by atoms with van der Waals surface area (Å²) in [5.74, 6) is 0. The fourth-order valence-corrected chi connectivity index (χ4v) is 4.10. The van der Waals surface area contributed by atoms with Crippen molar-refractivity contribution < 1.29 is 9.85 Å². The van der Waals surface area contributed by atoms with Gasteiger partial charge >= 0.3 is 0 Å². The highest BCUT2D eigenvalue weighted by Crippen LogP contribution is 2.42. The average Bonchev–Trinajstić information content (AvgIpc) is 2.71. The summed E-state index contributed by atoms with van der Waals surface area (Å²) >= 11 is 0. The molecule has 0 saturated carbocycles. The average molecular weight is 396 g/mol. The van der Waals surface area contributed by atoms with Gasteiger partial charge in [0.2, 0.25) is 0 Å². The van der Waals surface area contributed by atoms with Crippen LogP contribution in [-0.4, -0.2) is 9.85 Å². The highest BCUT2D eigenvalue weighted by atomic mass is 16.6. The molecular weight excluding hydrogens is 384 g/mol. The van der Waals surface area contributed by atoms with Gasteiger partial charge in [-0.1, -0.05) is 6.07 Å². The maximum Gasteiger partial charge on any atom is 0.278 e. The molecule has 0 heterocycles. The second-order valence-electron chi connectivity index (χ2n) is 7.02. The van der Waals surface area contributed by atoms with Crippen molar-refractivity contribution in [1.29, 1.82) is 10.5 Å². The van der Waals surface area contributed by atoms with Crippen molar-refractivity contribution in [3.05, 3.63) is 78.9 Å². The van der Waals surface area contributed by atoms with Crippen LogP contribution in [0.2, 0.25) is 0 Å². The largest absolute Gasteiger partial charge is 0.278 e. The molecule has 0 fully saturated rings. The lowest BCUT2D eigenvalue weighted by Crippen LogP contribution is -1.97. The summed E-state index contributed by atoms with van der Waals surface area (Å²) < 4.78 is 0. The number of non-ortho nitro benzene ring substituents is 2. The van der Waals surface area contributed by atoms with Gasteiger partial charge in [-0.2, -0.15) is 10.5 Å². The van der Waals surface area contributed by atoms with Crippen LogP contribution in [0.3, 0.4) is 0 Å². The first-order chi connectivity index (χ1) is 14.3. The fourth-order valence-electron chi connectivity index (χ4n) is 4.10. The number of nitro benzene ring substituents is 2. The van der Waals surface area contributed by atoms with E-state index in [1.807, 2.05) is 6.07 Å². The molecule has 0 N–H and O–H groups in total. The van der Waals surface area contributed by atoms with Crippen molar-refractivity contribution in [2.75, 3.05) is 0 Å². The Morgan fingerprint density at radius 3 is 2.03 bits per heavy atom. The van der Waals surface area contributed by atoms with Gasteiger partial charge in [0.1, 0.15) is 6.07 Å². The summed E-state index contributed by atoms with van der Waals surface area (Å²) in [5.41, 5.74) is 1.33. The molecule has 0 unspecified atom stereocenters. The van der Waals surface area contributed by atoms with Crippen LogP contribution in [0.15, 0.2) is 36.4 Å². The Hall–Kier alpha value is -4.56. The van der Waals surface area contributed by atoms with Gasteiger partial charge in [-0.3, -0.25) is 20.2 Å². The van der Waals surface area contributed by atoms with Crippen molar-refractivity contribution in [2.24, 2.45) is 0 Å². The van der Waals surface area contributed by atoms with Crippen LogP contribution >= 0.6 is 0 Å². The molecule has 0 aromatic heterocycles. The number of rotatable bonds is 2. The van der Waals surface area contributed by atoms with Crippen molar-refractivity contribution in [3.63, 3.8) is 0 Å². The number of benzene rings is 4. The second-order valence-corrected chi connectivity index (χ2v) is 7.02. The molecule has 0 aliphatic heterocycles. The van der Waals surface area contributed by atoms with Crippen LogP contribution in [0.4, 0.5) is 11.4 Å². The standard InChI is InChI=1S/C22H12N4O4/c1-11-3-4-18(26(29)30)21-15(10-24)7-13-6-14(9-23)17-8-16(25(27)28)5-12(2)19(17)22(13)20(11)21/h3-8H,1-2H3. The molecule has 0 aliphatic carbocycles. The molecule has 0 bridgehead atoms. The van der Waals surface area contributed by atoms with Crippen LogP contribution in [0.25, 0.3) is 32.3 Å². The Morgan fingerprint density at radius 1 is 0.767 bits per heavy atom. The van der Waals surface area contributed by atoms with E-state index in [9.17, 15) is 30.8 Å². The molecule has 0 atom stereocenters. The first kappa shape index (κ1) is 18.8. The molecule has 30 heavy (non-hydrogen) atoms. The van der Waals surface area contributed by atoms with Crippen LogP contribution in [0.1, 0.15) is 22.3 Å². The van der Waals surface area contributed by atoms with Crippen molar-refractivity contribution in [1.82, 2.24) is 0 Å². The van der Waals surface area contributed by atoms with Gasteiger partial charge in [-0.05, 0) is 53.3 Å². The van der Waals surface area contributed by atoms with E-state index in [-0.39, 0.29) is 27.9 Å². The SMILES string of the molecule is Cc1cc([N+](=O)[O-])cc2c(C#N)cc3cc(C#N)c4c([N+](=O)[O-])ccc(C)c4c3c12. The molecule has 8 nitrogen and oxygen atoms in total. The molecule has 0 radical (unpaired) electrons. The fraction of sp³-hybridized carbons (Fsp3) is 0.0909. The van der Waals surface area contributed by atoms with Gasteiger partial charge in [0, 0.05) is 29.0 Å². The first-order valence-electron chi connectivity index (χ1n) is 8.84. The Labute approximate surface area is 169 Å².